The first kappa shape index (κ1) is 13.1. The summed E-state index contributed by atoms with van der Waals surface area (Å²) in [5, 5.41) is 0. The predicted octanol–water partition coefficient (Wildman–Crippen LogP) is 2.34. The van der Waals surface area contributed by atoms with Crippen LogP contribution in [0.2, 0.25) is 0 Å². The first-order valence-electron chi connectivity index (χ1n) is 6.70. The highest BCUT2D eigenvalue weighted by molar-refractivity contribution is 5.77. The number of likely N-dealkylation sites (N-methyl/N-ethyl adjacent to an activating group) is 1. The van der Waals surface area contributed by atoms with Crippen LogP contribution in [0, 0.1) is 6.92 Å². The number of piperazine rings is 1. The van der Waals surface area contributed by atoms with E-state index in [0.29, 0.717) is 6.04 Å². The molecule has 98 valence electrons. The summed E-state index contributed by atoms with van der Waals surface area (Å²) in [5.74, 6) is 0. The summed E-state index contributed by atoms with van der Waals surface area (Å²) in [6.45, 7) is 11.0. The minimum atomic E-state index is 0.592. The number of hydrogen-bond acceptors (Lipinski definition) is 3. The number of hydrogen-bond donors (Lipinski definition) is 0. The molecule has 0 saturated carbocycles. The molecule has 3 heteroatoms. The van der Waals surface area contributed by atoms with E-state index in [9.17, 15) is 4.79 Å². The summed E-state index contributed by atoms with van der Waals surface area (Å²) >= 11 is 0. The Morgan fingerprint density at radius 2 is 2.17 bits per heavy atom. The Morgan fingerprint density at radius 3 is 2.72 bits per heavy atom. The molecule has 1 heterocycles. The van der Waals surface area contributed by atoms with E-state index in [1.807, 2.05) is 12.1 Å². The molecule has 2 rings (SSSR count). The number of aldehydes is 1. The minimum Gasteiger partial charge on any atom is -0.368 e. The van der Waals surface area contributed by atoms with Crippen LogP contribution in [0.4, 0.5) is 5.69 Å². The van der Waals surface area contributed by atoms with Gasteiger partial charge in [0, 0.05) is 36.9 Å². The lowest BCUT2D eigenvalue weighted by atomic mass is 10.1. The van der Waals surface area contributed by atoms with Crippen LogP contribution in [0.3, 0.4) is 0 Å². The molecule has 0 N–H and O–H groups in total. The fourth-order valence-electron chi connectivity index (χ4n) is 2.79. The van der Waals surface area contributed by atoms with Crippen molar-refractivity contribution in [2.45, 2.75) is 26.8 Å². The molecule has 0 bridgehead atoms. The average Bonchev–Trinajstić information content (AvgIpc) is 2.38. The van der Waals surface area contributed by atoms with E-state index in [0.717, 1.165) is 38.0 Å². The van der Waals surface area contributed by atoms with Gasteiger partial charge in [-0.1, -0.05) is 6.92 Å². The van der Waals surface area contributed by atoms with Crippen molar-refractivity contribution < 1.29 is 4.79 Å². The second kappa shape index (κ2) is 5.53. The van der Waals surface area contributed by atoms with Crippen LogP contribution in [-0.4, -0.2) is 43.4 Å². The van der Waals surface area contributed by atoms with Crippen LogP contribution >= 0.6 is 0 Å². The van der Waals surface area contributed by atoms with Crippen LogP contribution in [0.5, 0.6) is 0 Å². The van der Waals surface area contributed by atoms with Gasteiger partial charge < -0.3 is 4.90 Å². The maximum absolute atomic E-state index is 10.8. The molecule has 1 saturated heterocycles. The van der Waals surface area contributed by atoms with Crippen LogP contribution < -0.4 is 4.90 Å². The lowest BCUT2D eigenvalue weighted by Crippen LogP contribution is -2.51. The van der Waals surface area contributed by atoms with Gasteiger partial charge in [-0.2, -0.15) is 0 Å². The molecule has 0 aliphatic carbocycles. The molecule has 1 aliphatic rings. The van der Waals surface area contributed by atoms with Crippen molar-refractivity contribution in [2.75, 3.05) is 31.1 Å². The van der Waals surface area contributed by atoms with Crippen LogP contribution in [0.1, 0.15) is 29.8 Å². The quantitative estimate of drug-likeness (QED) is 0.765. The molecule has 18 heavy (non-hydrogen) atoms. The number of benzene rings is 1. The van der Waals surface area contributed by atoms with Gasteiger partial charge in [-0.25, -0.2) is 0 Å². The van der Waals surface area contributed by atoms with Gasteiger partial charge in [-0.3, -0.25) is 9.69 Å². The van der Waals surface area contributed by atoms with E-state index in [-0.39, 0.29) is 0 Å². The standard InChI is InChI=1S/C15H22N2O/c1-4-16-7-8-17(10-13(16)3)15-6-5-14(11-18)9-12(15)2/h5-6,9,11,13H,4,7-8,10H2,1-3H3. The van der Waals surface area contributed by atoms with Gasteiger partial charge in [0.2, 0.25) is 0 Å². The number of anilines is 1. The lowest BCUT2D eigenvalue weighted by Gasteiger charge is -2.41. The van der Waals surface area contributed by atoms with Gasteiger partial charge in [0.05, 0.1) is 0 Å². The van der Waals surface area contributed by atoms with Crippen LogP contribution in [0.25, 0.3) is 0 Å². The van der Waals surface area contributed by atoms with Gasteiger partial charge in [-0.15, -0.1) is 0 Å². The van der Waals surface area contributed by atoms with Gasteiger partial charge in [0.15, 0.2) is 0 Å². The molecular formula is C15H22N2O. The zero-order chi connectivity index (χ0) is 13.1. The zero-order valence-corrected chi connectivity index (χ0v) is 11.5. The summed E-state index contributed by atoms with van der Waals surface area (Å²) in [5.41, 5.74) is 3.22. The molecule has 1 fully saturated rings. The normalized spacial score (nSPS) is 21.1. The molecule has 1 aromatic carbocycles. The molecule has 1 aliphatic heterocycles. The molecule has 0 aromatic heterocycles. The van der Waals surface area contributed by atoms with Crippen molar-refractivity contribution >= 4 is 12.0 Å². The summed E-state index contributed by atoms with van der Waals surface area (Å²) in [7, 11) is 0. The molecule has 1 atom stereocenters. The maximum atomic E-state index is 10.8. The average molecular weight is 246 g/mol. The van der Waals surface area contributed by atoms with E-state index in [2.05, 4.69) is 36.6 Å². The highest BCUT2D eigenvalue weighted by atomic mass is 16.1. The third-order valence-corrected chi connectivity index (χ3v) is 3.87. The van der Waals surface area contributed by atoms with Crippen LogP contribution in [-0.2, 0) is 0 Å². The van der Waals surface area contributed by atoms with Gasteiger partial charge in [-0.05, 0) is 44.2 Å². The SMILES string of the molecule is CCN1CCN(c2ccc(C=O)cc2C)CC1C. The Balaban J connectivity index is 2.15. The van der Waals surface area contributed by atoms with E-state index in [1.54, 1.807) is 0 Å². The third kappa shape index (κ3) is 2.56. The van der Waals surface area contributed by atoms with Crippen LogP contribution in [0.15, 0.2) is 18.2 Å². The number of rotatable bonds is 3. The molecule has 0 radical (unpaired) electrons. The van der Waals surface area contributed by atoms with Crippen molar-refractivity contribution in [3.8, 4) is 0 Å². The van der Waals surface area contributed by atoms with Gasteiger partial charge in [0.25, 0.3) is 0 Å². The van der Waals surface area contributed by atoms with Gasteiger partial charge in [0.1, 0.15) is 6.29 Å². The Morgan fingerprint density at radius 1 is 1.39 bits per heavy atom. The minimum absolute atomic E-state index is 0.592. The topological polar surface area (TPSA) is 23.6 Å². The molecule has 1 aromatic rings. The number of carbonyl (C=O) groups excluding carboxylic acids is 1. The molecule has 3 nitrogen and oxygen atoms in total. The van der Waals surface area contributed by atoms with Crippen molar-refractivity contribution in [3.05, 3.63) is 29.3 Å². The van der Waals surface area contributed by atoms with Crippen molar-refractivity contribution in [1.82, 2.24) is 4.90 Å². The smallest absolute Gasteiger partial charge is 0.150 e. The summed E-state index contributed by atoms with van der Waals surface area (Å²) in [6.07, 6.45) is 0.911. The number of carbonyl (C=O) groups is 1. The highest BCUT2D eigenvalue weighted by Crippen LogP contribution is 2.23. The highest BCUT2D eigenvalue weighted by Gasteiger charge is 2.23. The maximum Gasteiger partial charge on any atom is 0.150 e. The van der Waals surface area contributed by atoms with Crippen molar-refractivity contribution in [2.24, 2.45) is 0 Å². The second-order valence-corrected chi connectivity index (χ2v) is 5.09. The summed E-state index contributed by atoms with van der Waals surface area (Å²) in [4.78, 5) is 15.7. The molecule has 0 amide bonds. The fraction of sp³-hybridized carbons (Fsp3) is 0.533. The fourth-order valence-corrected chi connectivity index (χ4v) is 2.79. The first-order chi connectivity index (χ1) is 8.65. The summed E-state index contributed by atoms with van der Waals surface area (Å²) < 4.78 is 0. The second-order valence-electron chi connectivity index (χ2n) is 5.09. The Bertz CT molecular complexity index is 431. The zero-order valence-electron chi connectivity index (χ0n) is 11.5. The van der Waals surface area contributed by atoms with E-state index < -0.39 is 0 Å². The summed E-state index contributed by atoms with van der Waals surface area (Å²) in [6, 6.07) is 6.55. The molecular weight excluding hydrogens is 224 g/mol. The predicted molar refractivity (Wildman–Crippen MR) is 75.5 cm³/mol. The Hall–Kier alpha value is -1.35. The number of aryl methyl sites for hydroxylation is 1. The Kier molecular flexibility index (Phi) is 4.02. The van der Waals surface area contributed by atoms with E-state index in [1.165, 1.54) is 11.3 Å². The number of nitrogens with zero attached hydrogens (tertiary/aromatic N) is 2. The van der Waals surface area contributed by atoms with E-state index >= 15 is 0 Å². The van der Waals surface area contributed by atoms with Crippen molar-refractivity contribution in [1.29, 1.82) is 0 Å². The monoisotopic (exact) mass is 246 g/mol. The van der Waals surface area contributed by atoms with E-state index in [4.69, 9.17) is 0 Å². The molecule has 0 spiro atoms. The molecule has 1 unspecified atom stereocenters. The van der Waals surface area contributed by atoms with Gasteiger partial charge >= 0.3 is 0 Å². The Labute approximate surface area is 109 Å². The first-order valence-corrected chi connectivity index (χ1v) is 6.70. The lowest BCUT2D eigenvalue weighted by molar-refractivity contribution is 0.112. The largest absolute Gasteiger partial charge is 0.368 e. The third-order valence-electron chi connectivity index (χ3n) is 3.87. The van der Waals surface area contributed by atoms with Crippen molar-refractivity contribution in [3.63, 3.8) is 0 Å².